The molecule has 0 radical (unpaired) electrons. The SMILES string of the molecule is Nc1ccc(C(=O)O)c(-c2cccc(Cl)c2)c1. The van der Waals surface area contributed by atoms with Crippen LogP contribution in [0.4, 0.5) is 5.69 Å². The highest BCUT2D eigenvalue weighted by Crippen LogP contribution is 2.28. The average Bonchev–Trinajstić information content (AvgIpc) is 2.28. The van der Waals surface area contributed by atoms with Gasteiger partial charge in [-0.1, -0.05) is 23.7 Å². The molecule has 0 saturated carbocycles. The zero-order chi connectivity index (χ0) is 12.4. The number of hydrogen-bond donors (Lipinski definition) is 2. The van der Waals surface area contributed by atoms with Crippen LogP contribution in [0.1, 0.15) is 10.4 Å². The second-order valence-corrected chi connectivity index (χ2v) is 4.06. The Morgan fingerprint density at radius 1 is 1.18 bits per heavy atom. The molecule has 86 valence electrons. The van der Waals surface area contributed by atoms with Gasteiger partial charge in [0.15, 0.2) is 0 Å². The first-order chi connectivity index (χ1) is 8.08. The number of nitrogens with two attached hydrogens (primary N) is 1. The Balaban J connectivity index is 2.65. The van der Waals surface area contributed by atoms with E-state index in [1.54, 1.807) is 36.4 Å². The van der Waals surface area contributed by atoms with Crippen molar-refractivity contribution in [3.05, 3.63) is 53.1 Å². The molecule has 0 aliphatic carbocycles. The van der Waals surface area contributed by atoms with Crippen LogP contribution < -0.4 is 5.73 Å². The highest BCUT2D eigenvalue weighted by molar-refractivity contribution is 6.30. The molecule has 0 bridgehead atoms. The van der Waals surface area contributed by atoms with E-state index in [4.69, 9.17) is 22.4 Å². The molecule has 0 aromatic heterocycles. The Bertz CT molecular complexity index is 581. The van der Waals surface area contributed by atoms with Crippen molar-refractivity contribution in [3.63, 3.8) is 0 Å². The summed E-state index contributed by atoms with van der Waals surface area (Å²) in [6.07, 6.45) is 0. The maximum Gasteiger partial charge on any atom is 0.336 e. The molecule has 2 aromatic rings. The van der Waals surface area contributed by atoms with E-state index in [0.29, 0.717) is 16.3 Å². The van der Waals surface area contributed by atoms with Gasteiger partial charge in [-0.25, -0.2) is 4.79 Å². The van der Waals surface area contributed by atoms with E-state index >= 15 is 0 Å². The fourth-order valence-corrected chi connectivity index (χ4v) is 1.83. The van der Waals surface area contributed by atoms with E-state index in [1.807, 2.05) is 0 Å². The fraction of sp³-hybridized carbons (Fsp3) is 0. The number of carboxylic acid groups (broad SMARTS) is 1. The molecule has 17 heavy (non-hydrogen) atoms. The lowest BCUT2D eigenvalue weighted by atomic mass is 9.99. The summed E-state index contributed by atoms with van der Waals surface area (Å²) < 4.78 is 0. The van der Waals surface area contributed by atoms with Crippen molar-refractivity contribution >= 4 is 23.3 Å². The summed E-state index contributed by atoms with van der Waals surface area (Å²) in [6, 6.07) is 11.7. The van der Waals surface area contributed by atoms with Crippen LogP contribution in [0.3, 0.4) is 0 Å². The Hall–Kier alpha value is -2.00. The van der Waals surface area contributed by atoms with E-state index in [9.17, 15) is 4.79 Å². The number of hydrogen-bond acceptors (Lipinski definition) is 2. The van der Waals surface area contributed by atoms with E-state index in [-0.39, 0.29) is 5.56 Å². The Labute approximate surface area is 103 Å². The predicted molar refractivity (Wildman–Crippen MR) is 68.3 cm³/mol. The summed E-state index contributed by atoms with van der Waals surface area (Å²) in [5, 5.41) is 9.67. The molecule has 0 heterocycles. The zero-order valence-electron chi connectivity index (χ0n) is 8.85. The molecule has 3 N–H and O–H groups in total. The third kappa shape index (κ3) is 2.40. The Kier molecular flexibility index (Phi) is 3.02. The average molecular weight is 248 g/mol. The number of carboxylic acids is 1. The van der Waals surface area contributed by atoms with Gasteiger partial charge in [-0.05, 0) is 41.5 Å². The van der Waals surface area contributed by atoms with Crippen molar-refractivity contribution in [2.24, 2.45) is 0 Å². The molecule has 0 aliphatic rings. The van der Waals surface area contributed by atoms with Gasteiger partial charge in [-0.2, -0.15) is 0 Å². The molecule has 0 unspecified atom stereocenters. The summed E-state index contributed by atoms with van der Waals surface area (Å²) >= 11 is 5.89. The molecule has 0 spiro atoms. The van der Waals surface area contributed by atoms with Gasteiger partial charge in [0.2, 0.25) is 0 Å². The van der Waals surface area contributed by atoms with Gasteiger partial charge in [0.05, 0.1) is 5.56 Å². The van der Waals surface area contributed by atoms with Crippen LogP contribution >= 0.6 is 11.6 Å². The Morgan fingerprint density at radius 3 is 2.59 bits per heavy atom. The molecule has 0 atom stereocenters. The van der Waals surface area contributed by atoms with Crippen LogP contribution in [0.5, 0.6) is 0 Å². The van der Waals surface area contributed by atoms with E-state index in [1.165, 1.54) is 6.07 Å². The lowest BCUT2D eigenvalue weighted by Crippen LogP contribution is -2.00. The Morgan fingerprint density at radius 2 is 1.94 bits per heavy atom. The smallest absolute Gasteiger partial charge is 0.336 e. The molecule has 0 fully saturated rings. The standard InChI is InChI=1S/C13H10ClNO2/c14-9-3-1-2-8(6-9)12-7-10(15)4-5-11(12)13(16)17/h1-7H,15H2,(H,16,17). The maximum absolute atomic E-state index is 11.1. The van der Waals surface area contributed by atoms with E-state index < -0.39 is 5.97 Å². The van der Waals surface area contributed by atoms with Gasteiger partial charge in [0.1, 0.15) is 0 Å². The van der Waals surface area contributed by atoms with Crippen molar-refractivity contribution in [1.29, 1.82) is 0 Å². The summed E-state index contributed by atoms with van der Waals surface area (Å²) in [6.45, 7) is 0. The molecule has 0 amide bonds. The first kappa shape index (κ1) is 11.5. The van der Waals surface area contributed by atoms with Crippen molar-refractivity contribution in [1.82, 2.24) is 0 Å². The van der Waals surface area contributed by atoms with Crippen molar-refractivity contribution in [2.45, 2.75) is 0 Å². The largest absolute Gasteiger partial charge is 0.478 e. The number of carbonyl (C=O) groups is 1. The molecular formula is C13H10ClNO2. The number of benzene rings is 2. The van der Waals surface area contributed by atoms with Gasteiger partial charge in [-0.15, -0.1) is 0 Å². The number of anilines is 1. The molecule has 2 aromatic carbocycles. The van der Waals surface area contributed by atoms with Gasteiger partial charge in [0, 0.05) is 10.7 Å². The quantitative estimate of drug-likeness (QED) is 0.801. The van der Waals surface area contributed by atoms with Crippen molar-refractivity contribution in [2.75, 3.05) is 5.73 Å². The van der Waals surface area contributed by atoms with Crippen molar-refractivity contribution in [3.8, 4) is 11.1 Å². The van der Waals surface area contributed by atoms with Gasteiger partial charge < -0.3 is 10.8 Å². The molecule has 0 saturated heterocycles. The number of halogens is 1. The molecule has 2 rings (SSSR count). The minimum Gasteiger partial charge on any atom is -0.478 e. The van der Waals surface area contributed by atoms with Crippen LogP contribution in [0.2, 0.25) is 5.02 Å². The lowest BCUT2D eigenvalue weighted by Gasteiger charge is -2.07. The fourth-order valence-electron chi connectivity index (χ4n) is 1.64. The number of nitrogen functional groups attached to an aromatic ring is 1. The molecular weight excluding hydrogens is 238 g/mol. The van der Waals surface area contributed by atoms with Crippen LogP contribution in [0, 0.1) is 0 Å². The summed E-state index contributed by atoms with van der Waals surface area (Å²) in [5.74, 6) is -0.986. The number of aromatic carboxylic acids is 1. The minimum atomic E-state index is -0.986. The predicted octanol–water partition coefficient (Wildman–Crippen LogP) is 3.29. The molecule has 4 heteroatoms. The van der Waals surface area contributed by atoms with Gasteiger partial charge in [0.25, 0.3) is 0 Å². The topological polar surface area (TPSA) is 63.3 Å². The second-order valence-electron chi connectivity index (χ2n) is 3.62. The normalized spacial score (nSPS) is 10.2. The summed E-state index contributed by atoms with van der Waals surface area (Å²) in [4.78, 5) is 11.1. The summed E-state index contributed by atoms with van der Waals surface area (Å²) in [5.41, 5.74) is 7.71. The van der Waals surface area contributed by atoms with Crippen molar-refractivity contribution < 1.29 is 9.90 Å². The van der Waals surface area contributed by atoms with E-state index in [2.05, 4.69) is 0 Å². The lowest BCUT2D eigenvalue weighted by molar-refractivity contribution is 0.0698. The minimum absolute atomic E-state index is 0.210. The van der Waals surface area contributed by atoms with E-state index in [0.717, 1.165) is 5.56 Å². The maximum atomic E-state index is 11.1. The zero-order valence-corrected chi connectivity index (χ0v) is 9.61. The molecule has 0 aliphatic heterocycles. The van der Waals surface area contributed by atoms with Crippen LogP contribution in [0.25, 0.3) is 11.1 Å². The highest BCUT2D eigenvalue weighted by Gasteiger charge is 2.11. The van der Waals surface area contributed by atoms with Gasteiger partial charge in [-0.3, -0.25) is 0 Å². The third-order valence-corrected chi connectivity index (χ3v) is 2.64. The molecule has 3 nitrogen and oxygen atoms in total. The van der Waals surface area contributed by atoms with Crippen LogP contribution in [-0.4, -0.2) is 11.1 Å². The van der Waals surface area contributed by atoms with Gasteiger partial charge >= 0.3 is 5.97 Å². The van der Waals surface area contributed by atoms with Crippen LogP contribution in [-0.2, 0) is 0 Å². The summed E-state index contributed by atoms with van der Waals surface area (Å²) in [7, 11) is 0. The monoisotopic (exact) mass is 247 g/mol. The van der Waals surface area contributed by atoms with Crippen LogP contribution in [0.15, 0.2) is 42.5 Å². The third-order valence-electron chi connectivity index (χ3n) is 2.41. The highest BCUT2D eigenvalue weighted by atomic mass is 35.5. The second kappa shape index (κ2) is 4.47. The number of rotatable bonds is 2. The first-order valence-electron chi connectivity index (χ1n) is 4.96. The first-order valence-corrected chi connectivity index (χ1v) is 5.34.